The molecule has 0 aliphatic rings. The lowest BCUT2D eigenvalue weighted by Crippen LogP contribution is -2.14. The van der Waals surface area contributed by atoms with Gasteiger partial charge in [-0.25, -0.2) is 17.2 Å². The van der Waals surface area contributed by atoms with Gasteiger partial charge in [0.1, 0.15) is 0 Å². The molecule has 4 aromatic rings. The Balaban J connectivity index is 2.05. The predicted octanol–water partition coefficient (Wildman–Crippen LogP) is 4.64. The Kier molecular flexibility index (Phi) is 4.72. The second-order valence-electron chi connectivity index (χ2n) is 6.74. The molecule has 0 radical (unpaired) electrons. The van der Waals surface area contributed by atoms with E-state index < -0.39 is 16.0 Å². The Labute approximate surface area is 169 Å². The molecule has 0 unspecified atom stereocenters. The molecule has 0 bridgehead atoms. The summed E-state index contributed by atoms with van der Waals surface area (Å²) in [7, 11) is -2.61. The standard InChI is InChI=1S/C23H19NO4S/c1-16-8-12-20(13-9-16)29(26,27)24-21(17-6-4-3-5-7-17)14-18-10-11-19(15-22(18)24)23(25)28-2/h3-15H,1-2H3. The van der Waals surface area contributed by atoms with Crippen LogP contribution in [0.3, 0.4) is 0 Å². The molecule has 0 saturated heterocycles. The molecule has 29 heavy (non-hydrogen) atoms. The second kappa shape index (κ2) is 7.22. The quantitative estimate of drug-likeness (QED) is 0.464. The largest absolute Gasteiger partial charge is 0.465 e. The Morgan fingerprint density at radius 1 is 0.897 bits per heavy atom. The highest BCUT2D eigenvalue weighted by Crippen LogP contribution is 2.33. The van der Waals surface area contributed by atoms with Crippen molar-refractivity contribution in [1.29, 1.82) is 0 Å². The fourth-order valence-electron chi connectivity index (χ4n) is 3.31. The first kappa shape index (κ1) is 19.0. The molecule has 3 aromatic carbocycles. The van der Waals surface area contributed by atoms with Crippen LogP contribution in [-0.4, -0.2) is 25.5 Å². The van der Waals surface area contributed by atoms with Gasteiger partial charge in [0.2, 0.25) is 0 Å². The van der Waals surface area contributed by atoms with Crippen LogP contribution in [0.25, 0.3) is 22.2 Å². The van der Waals surface area contributed by atoms with Crippen LogP contribution in [0.1, 0.15) is 15.9 Å². The number of rotatable bonds is 4. The van der Waals surface area contributed by atoms with Crippen molar-refractivity contribution in [1.82, 2.24) is 3.97 Å². The number of fused-ring (bicyclic) bond motifs is 1. The predicted molar refractivity (Wildman–Crippen MR) is 112 cm³/mol. The van der Waals surface area contributed by atoms with Crippen molar-refractivity contribution < 1.29 is 17.9 Å². The minimum Gasteiger partial charge on any atom is -0.465 e. The number of esters is 1. The minimum absolute atomic E-state index is 0.182. The van der Waals surface area contributed by atoms with Gasteiger partial charge in [-0.1, -0.05) is 54.1 Å². The van der Waals surface area contributed by atoms with Crippen LogP contribution in [0.15, 0.2) is 83.8 Å². The Hall–Kier alpha value is -3.38. The molecule has 0 aliphatic carbocycles. The van der Waals surface area contributed by atoms with Gasteiger partial charge in [0.25, 0.3) is 10.0 Å². The fraction of sp³-hybridized carbons (Fsp3) is 0.0870. The van der Waals surface area contributed by atoms with Crippen LogP contribution in [0.2, 0.25) is 0 Å². The average Bonchev–Trinajstić information content (AvgIpc) is 3.13. The highest BCUT2D eigenvalue weighted by molar-refractivity contribution is 7.90. The van der Waals surface area contributed by atoms with Crippen LogP contribution in [0.4, 0.5) is 0 Å². The van der Waals surface area contributed by atoms with Crippen molar-refractivity contribution in [2.24, 2.45) is 0 Å². The number of methoxy groups -OCH3 is 1. The Bertz CT molecular complexity index is 1300. The van der Waals surface area contributed by atoms with E-state index in [-0.39, 0.29) is 10.5 Å². The second-order valence-corrected chi connectivity index (χ2v) is 8.53. The van der Waals surface area contributed by atoms with E-state index in [0.29, 0.717) is 16.6 Å². The van der Waals surface area contributed by atoms with Crippen molar-refractivity contribution in [2.45, 2.75) is 11.8 Å². The summed E-state index contributed by atoms with van der Waals surface area (Å²) in [6, 6.07) is 22.8. The number of benzene rings is 3. The van der Waals surface area contributed by atoms with E-state index in [1.807, 2.05) is 43.3 Å². The van der Waals surface area contributed by atoms with Crippen LogP contribution in [0.5, 0.6) is 0 Å². The number of aryl methyl sites for hydroxylation is 1. The highest BCUT2D eigenvalue weighted by atomic mass is 32.2. The molecule has 0 atom stereocenters. The van der Waals surface area contributed by atoms with Gasteiger partial charge in [-0.05, 0) is 42.8 Å². The van der Waals surface area contributed by atoms with Gasteiger partial charge in [-0.2, -0.15) is 0 Å². The lowest BCUT2D eigenvalue weighted by atomic mass is 10.1. The molecule has 1 aromatic heterocycles. The van der Waals surface area contributed by atoms with Gasteiger partial charge >= 0.3 is 5.97 Å². The van der Waals surface area contributed by atoms with E-state index in [9.17, 15) is 13.2 Å². The normalized spacial score (nSPS) is 11.5. The number of ether oxygens (including phenoxy) is 1. The lowest BCUT2D eigenvalue weighted by molar-refractivity contribution is 0.0601. The molecule has 6 heteroatoms. The van der Waals surface area contributed by atoms with E-state index in [1.54, 1.807) is 42.5 Å². The molecule has 0 fully saturated rings. The van der Waals surface area contributed by atoms with E-state index in [0.717, 1.165) is 11.1 Å². The molecule has 1 heterocycles. The van der Waals surface area contributed by atoms with E-state index in [2.05, 4.69) is 0 Å². The summed E-state index contributed by atoms with van der Waals surface area (Å²) >= 11 is 0. The average molecular weight is 405 g/mol. The van der Waals surface area contributed by atoms with Crippen molar-refractivity contribution >= 4 is 26.9 Å². The van der Waals surface area contributed by atoms with Crippen molar-refractivity contribution in [3.05, 3.63) is 90.0 Å². The molecule has 146 valence electrons. The summed E-state index contributed by atoms with van der Waals surface area (Å²) in [5.74, 6) is -0.520. The first-order chi connectivity index (χ1) is 13.9. The monoisotopic (exact) mass is 405 g/mol. The lowest BCUT2D eigenvalue weighted by Gasteiger charge is -2.13. The first-order valence-electron chi connectivity index (χ1n) is 9.03. The van der Waals surface area contributed by atoms with Crippen LogP contribution < -0.4 is 0 Å². The number of carbonyl (C=O) groups excluding carboxylic acids is 1. The zero-order valence-electron chi connectivity index (χ0n) is 16.0. The maximum Gasteiger partial charge on any atom is 0.337 e. The van der Waals surface area contributed by atoms with E-state index >= 15 is 0 Å². The third-order valence-corrected chi connectivity index (χ3v) is 6.55. The minimum atomic E-state index is -3.90. The van der Waals surface area contributed by atoms with E-state index in [4.69, 9.17) is 4.74 Å². The van der Waals surface area contributed by atoms with Gasteiger partial charge in [0.05, 0.1) is 28.8 Å². The molecule has 0 N–H and O–H groups in total. The zero-order valence-corrected chi connectivity index (χ0v) is 16.8. The third-order valence-electron chi connectivity index (χ3n) is 4.81. The summed E-state index contributed by atoms with van der Waals surface area (Å²) in [6.45, 7) is 1.90. The van der Waals surface area contributed by atoms with Gasteiger partial charge in [-0.15, -0.1) is 0 Å². The smallest absolute Gasteiger partial charge is 0.337 e. The number of nitrogens with zero attached hydrogens (tertiary/aromatic N) is 1. The molecule has 5 nitrogen and oxygen atoms in total. The molecule has 0 spiro atoms. The van der Waals surface area contributed by atoms with Crippen molar-refractivity contribution in [3.8, 4) is 11.3 Å². The number of hydrogen-bond donors (Lipinski definition) is 0. The summed E-state index contributed by atoms with van der Waals surface area (Å²) in [6.07, 6.45) is 0. The van der Waals surface area contributed by atoms with Gasteiger partial charge < -0.3 is 4.74 Å². The van der Waals surface area contributed by atoms with Gasteiger partial charge in [0, 0.05) is 5.39 Å². The summed E-state index contributed by atoms with van der Waals surface area (Å²) in [4.78, 5) is 12.2. The van der Waals surface area contributed by atoms with Crippen molar-refractivity contribution in [3.63, 3.8) is 0 Å². The Morgan fingerprint density at radius 2 is 1.59 bits per heavy atom. The number of hydrogen-bond acceptors (Lipinski definition) is 4. The summed E-state index contributed by atoms with van der Waals surface area (Å²) in [5.41, 5.74) is 2.98. The van der Waals surface area contributed by atoms with E-state index in [1.165, 1.54) is 11.1 Å². The number of aromatic nitrogens is 1. The molecule has 0 aliphatic heterocycles. The Morgan fingerprint density at radius 3 is 2.24 bits per heavy atom. The van der Waals surface area contributed by atoms with Crippen molar-refractivity contribution in [2.75, 3.05) is 7.11 Å². The molecule has 4 rings (SSSR count). The topological polar surface area (TPSA) is 65.4 Å². The first-order valence-corrected chi connectivity index (χ1v) is 10.5. The molecular formula is C23H19NO4S. The molecule has 0 amide bonds. The summed E-state index contributed by atoms with van der Waals surface area (Å²) < 4.78 is 33.3. The third kappa shape index (κ3) is 3.32. The SMILES string of the molecule is COC(=O)c1ccc2cc(-c3ccccc3)n(S(=O)(=O)c3ccc(C)cc3)c2c1. The maximum absolute atomic E-state index is 13.6. The highest BCUT2D eigenvalue weighted by Gasteiger charge is 2.24. The van der Waals surface area contributed by atoms with Gasteiger partial charge in [0.15, 0.2) is 0 Å². The molecular weight excluding hydrogens is 386 g/mol. The van der Waals surface area contributed by atoms with Crippen LogP contribution in [0, 0.1) is 6.92 Å². The van der Waals surface area contributed by atoms with Crippen LogP contribution >= 0.6 is 0 Å². The van der Waals surface area contributed by atoms with Gasteiger partial charge in [-0.3, -0.25) is 0 Å². The summed E-state index contributed by atoms with van der Waals surface area (Å²) in [5, 5.41) is 0.715. The maximum atomic E-state index is 13.6. The van der Waals surface area contributed by atoms with Crippen LogP contribution in [-0.2, 0) is 14.8 Å². The molecule has 0 saturated carbocycles. The zero-order chi connectivity index (χ0) is 20.6. The number of carbonyl (C=O) groups is 1. The fourth-order valence-corrected chi connectivity index (χ4v) is 4.83.